The topological polar surface area (TPSA) is 102 Å². The maximum Gasteiger partial charge on any atom is 0.341 e. The van der Waals surface area contributed by atoms with Crippen LogP contribution in [0.25, 0.3) is 5.69 Å². The van der Waals surface area contributed by atoms with E-state index in [1.54, 1.807) is 49.7 Å². The first kappa shape index (κ1) is 21.1. The van der Waals surface area contributed by atoms with Gasteiger partial charge in [0.1, 0.15) is 11.6 Å². The minimum absolute atomic E-state index is 0.217. The molecule has 0 fully saturated rings. The van der Waals surface area contributed by atoms with E-state index in [0.29, 0.717) is 35.7 Å². The van der Waals surface area contributed by atoms with Gasteiger partial charge in [0, 0.05) is 12.1 Å². The number of hydrogen-bond donors (Lipinski definition) is 2. The molecule has 2 aromatic rings. The van der Waals surface area contributed by atoms with Gasteiger partial charge in [-0.15, -0.1) is 0 Å². The summed E-state index contributed by atoms with van der Waals surface area (Å²) in [7, 11) is 0. The van der Waals surface area contributed by atoms with Crippen LogP contribution < -0.4 is 10.6 Å². The Labute approximate surface area is 164 Å². The molecule has 1 aromatic heterocycles. The van der Waals surface area contributed by atoms with E-state index in [1.807, 2.05) is 6.92 Å². The van der Waals surface area contributed by atoms with E-state index in [1.165, 1.54) is 6.20 Å². The molecule has 0 aliphatic carbocycles. The SMILES string of the molecule is CCCNC(=O)C(C)NC(=O)c1ccc(-n2ncc(C(=O)OCC)c2C)cc1. The highest BCUT2D eigenvalue weighted by atomic mass is 16.5. The van der Waals surface area contributed by atoms with Crippen LogP contribution in [0.3, 0.4) is 0 Å². The summed E-state index contributed by atoms with van der Waals surface area (Å²) in [5.74, 6) is -0.974. The molecule has 0 bridgehead atoms. The maximum atomic E-state index is 12.3. The highest BCUT2D eigenvalue weighted by Gasteiger charge is 2.18. The summed E-state index contributed by atoms with van der Waals surface area (Å²) in [6.07, 6.45) is 2.29. The predicted octanol–water partition coefficient (Wildman–Crippen LogP) is 2.00. The van der Waals surface area contributed by atoms with Gasteiger partial charge in [-0.2, -0.15) is 5.10 Å². The molecule has 1 atom stereocenters. The molecule has 28 heavy (non-hydrogen) atoms. The standard InChI is InChI=1S/C20H26N4O4/c1-5-11-21-18(25)13(3)23-19(26)15-7-9-16(10-8-15)24-14(4)17(12-22-24)20(27)28-6-2/h7-10,12-13H,5-6,11H2,1-4H3,(H,21,25)(H,23,26). The molecule has 0 spiro atoms. The lowest BCUT2D eigenvalue weighted by Gasteiger charge is -2.14. The Balaban J connectivity index is 2.08. The van der Waals surface area contributed by atoms with E-state index in [-0.39, 0.29) is 11.8 Å². The molecule has 0 saturated heterocycles. The fourth-order valence-electron chi connectivity index (χ4n) is 2.58. The van der Waals surface area contributed by atoms with Crippen molar-refractivity contribution in [2.24, 2.45) is 0 Å². The number of carbonyl (C=O) groups excluding carboxylic acids is 3. The van der Waals surface area contributed by atoms with Crippen LogP contribution >= 0.6 is 0 Å². The van der Waals surface area contributed by atoms with Gasteiger partial charge < -0.3 is 15.4 Å². The van der Waals surface area contributed by atoms with Crippen molar-refractivity contribution in [1.29, 1.82) is 0 Å². The van der Waals surface area contributed by atoms with Gasteiger partial charge in [0.05, 0.1) is 24.2 Å². The summed E-state index contributed by atoms with van der Waals surface area (Å²) < 4.78 is 6.62. The van der Waals surface area contributed by atoms with Crippen molar-refractivity contribution < 1.29 is 19.1 Å². The Morgan fingerprint density at radius 3 is 2.46 bits per heavy atom. The molecule has 0 aliphatic heterocycles. The normalized spacial score (nSPS) is 11.6. The number of ether oxygens (including phenoxy) is 1. The average molecular weight is 386 g/mol. The minimum atomic E-state index is -0.626. The first-order valence-corrected chi connectivity index (χ1v) is 9.29. The van der Waals surface area contributed by atoms with Crippen LogP contribution in [0.4, 0.5) is 0 Å². The summed E-state index contributed by atoms with van der Waals surface area (Å²) in [6.45, 7) is 7.99. The van der Waals surface area contributed by atoms with E-state index < -0.39 is 12.0 Å². The largest absolute Gasteiger partial charge is 0.462 e. The summed E-state index contributed by atoms with van der Waals surface area (Å²) in [5.41, 5.74) is 2.18. The lowest BCUT2D eigenvalue weighted by molar-refractivity contribution is -0.122. The molecule has 2 N–H and O–H groups in total. The molecule has 8 nitrogen and oxygen atoms in total. The summed E-state index contributed by atoms with van der Waals surface area (Å²) in [4.78, 5) is 36.1. The van der Waals surface area contributed by atoms with Crippen molar-refractivity contribution in [2.75, 3.05) is 13.2 Å². The molecule has 8 heteroatoms. The second-order valence-electron chi connectivity index (χ2n) is 6.31. The van der Waals surface area contributed by atoms with Crippen LogP contribution in [0.15, 0.2) is 30.5 Å². The highest BCUT2D eigenvalue weighted by Crippen LogP contribution is 2.16. The number of rotatable bonds is 8. The van der Waals surface area contributed by atoms with Crippen molar-refractivity contribution in [1.82, 2.24) is 20.4 Å². The third kappa shape index (κ3) is 4.97. The lowest BCUT2D eigenvalue weighted by atomic mass is 10.1. The van der Waals surface area contributed by atoms with Crippen LogP contribution in [0.2, 0.25) is 0 Å². The molecular formula is C20H26N4O4. The van der Waals surface area contributed by atoms with Gasteiger partial charge in [-0.05, 0) is 51.5 Å². The van der Waals surface area contributed by atoms with Gasteiger partial charge in [0.2, 0.25) is 5.91 Å². The molecule has 0 radical (unpaired) electrons. The quantitative estimate of drug-likeness (QED) is 0.676. The van der Waals surface area contributed by atoms with Gasteiger partial charge in [0.25, 0.3) is 5.91 Å². The predicted molar refractivity (Wildman–Crippen MR) is 104 cm³/mol. The summed E-state index contributed by atoms with van der Waals surface area (Å²) in [6, 6.07) is 6.12. The van der Waals surface area contributed by atoms with Crippen LogP contribution in [0.5, 0.6) is 0 Å². The van der Waals surface area contributed by atoms with Crippen LogP contribution in [-0.4, -0.2) is 46.8 Å². The lowest BCUT2D eigenvalue weighted by Crippen LogP contribution is -2.45. The zero-order chi connectivity index (χ0) is 20.7. The Morgan fingerprint density at radius 1 is 1.18 bits per heavy atom. The number of amides is 2. The van der Waals surface area contributed by atoms with Crippen molar-refractivity contribution in [3.63, 3.8) is 0 Å². The Hall–Kier alpha value is -3.16. The zero-order valence-electron chi connectivity index (χ0n) is 16.6. The van der Waals surface area contributed by atoms with Gasteiger partial charge in [0.15, 0.2) is 0 Å². The van der Waals surface area contributed by atoms with Crippen molar-refractivity contribution >= 4 is 17.8 Å². The van der Waals surface area contributed by atoms with E-state index in [4.69, 9.17) is 4.74 Å². The number of carbonyl (C=O) groups is 3. The Bertz CT molecular complexity index is 842. The molecule has 2 amide bonds. The van der Waals surface area contributed by atoms with Crippen LogP contribution in [0.1, 0.15) is 53.6 Å². The fraction of sp³-hybridized carbons (Fsp3) is 0.400. The Morgan fingerprint density at radius 2 is 1.86 bits per heavy atom. The number of hydrogen-bond acceptors (Lipinski definition) is 5. The van der Waals surface area contributed by atoms with Crippen LogP contribution in [0, 0.1) is 6.92 Å². The van der Waals surface area contributed by atoms with Crippen molar-refractivity contribution in [2.45, 2.75) is 40.2 Å². The molecule has 1 unspecified atom stereocenters. The minimum Gasteiger partial charge on any atom is -0.462 e. The van der Waals surface area contributed by atoms with E-state index >= 15 is 0 Å². The molecule has 0 saturated carbocycles. The monoisotopic (exact) mass is 386 g/mol. The highest BCUT2D eigenvalue weighted by molar-refractivity contribution is 5.97. The first-order chi connectivity index (χ1) is 13.4. The summed E-state index contributed by atoms with van der Waals surface area (Å²) >= 11 is 0. The van der Waals surface area contributed by atoms with Crippen molar-refractivity contribution in [3.05, 3.63) is 47.3 Å². The summed E-state index contributed by atoms with van der Waals surface area (Å²) in [5, 5.41) is 9.64. The molecular weight excluding hydrogens is 360 g/mol. The maximum absolute atomic E-state index is 12.3. The van der Waals surface area contributed by atoms with Gasteiger partial charge >= 0.3 is 5.97 Å². The molecule has 1 aromatic carbocycles. The molecule has 0 aliphatic rings. The van der Waals surface area contributed by atoms with Crippen LogP contribution in [-0.2, 0) is 9.53 Å². The third-order valence-corrected chi connectivity index (χ3v) is 4.17. The smallest absolute Gasteiger partial charge is 0.341 e. The number of nitrogens with zero attached hydrogens (tertiary/aromatic N) is 2. The first-order valence-electron chi connectivity index (χ1n) is 9.29. The zero-order valence-corrected chi connectivity index (χ0v) is 16.6. The fourth-order valence-corrected chi connectivity index (χ4v) is 2.58. The number of esters is 1. The van der Waals surface area contributed by atoms with E-state index in [2.05, 4.69) is 15.7 Å². The van der Waals surface area contributed by atoms with Gasteiger partial charge in [-0.3, -0.25) is 9.59 Å². The number of aromatic nitrogens is 2. The van der Waals surface area contributed by atoms with E-state index in [0.717, 1.165) is 6.42 Å². The average Bonchev–Trinajstić information content (AvgIpc) is 3.07. The second-order valence-corrected chi connectivity index (χ2v) is 6.31. The number of benzene rings is 1. The Kier molecular flexibility index (Phi) is 7.31. The van der Waals surface area contributed by atoms with Gasteiger partial charge in [-0.1, -0.05) is 6.92 Å². The van der Waals surface area contributed by atoms with E-state index in [9.17, 15) is 14.4 Å². The number of nitrogens with one attached hydrogen (secondary N) is 2. The third-order valence-electron chi connectivity index (χ3n) is 4.17. The second kappa shape index (κ2) is 9.68. The molecule has 150 valence electrons. The molecule has 2 rings (SSSR count). The van der Waals surface area contributed by atoms with Gasteiger partial charge in [-0.25, -0.2) is 9.48 Å². The molecule has 1 heterocycles. The van der Waals surface area contributed by atoms with Crippen molar-refractivity contribution in [3.8, 4) is 5.69 Å².